The minimum Gasteiger partial charge on any atom is -0.348 e. The van der Waals surface area contributed by atoms with Crippen molar-refractivity contribution in [1.82, 2.24) is 9.21 Å². The highest BCUT2D eigenvalue weighted by molar-refractivity contribution is 7.92. The molecule has 0 aliphatic heterocycles. The van der Waals surface area contributed by atoms with Crippen LogP contribution in [0, 0.1) is 0 Å². The number of likely N-dealkylation sites (N-methyl/N-ethyl adjacent to an activating group) is 2. The van der Waals surface area contributed by atoms with Gasteiger partial charge in [-0.3, -0.25) is 4.79 Å². The highest BCUT2D eigenvalue weighted by atomic mass is 32.2. The summed E-state index contributed by atoms with van der Waals surface area (Å²) in [6, 6.07) is 0. The maximum atomic E-state index is 11.3. The largest absolute Gasteiger partial charge is 0.348 e. The van der Waals surface area contributed by atoms with Crippen LogP contribution in [-0.2, 0) is 14.8 Å². The Morgan fingerprint density at radius 1 is 1.43 bits per heavy atom. The number of hydrogen-bond donors (Lipinski definition) is 0. The normalized spacial score (nSPS) is 11.4. The predicted octanol–water partition coefficient (Wildman–Crippen LogP) is -0.130. The van der Waals surface area contributed by atoms with Crippen LogP contribution in [0.1, 0.15) is 6.92 Å². The Morgan fingerprint density at radius 3 is 2.21 bits per heavy atom. The smallest absolute Gasteiger partial charge is 0.237 e. The van der Waals surface area contributed by atoms with Crippen molar-refractivity contribution in [1.29, 1.82) is 0 Å². The standard InChI is InChI=1S/C8H16N2O3S/c1-5-10(14(12,13)6-2)7-8(11)9(3)4/h6H,2,5,7H2,1,3-4H3. The Balaban J connectivity index is 4.62. The fourth-order valence-electron chi connectivity index (χ4n) is 0.779. The Kier molecular flexibility index (Phi) is 4.79. The molecule has 0 fully saturated rings. The Labute approximate surface area is 85.0 Å². The lowest BCUT2D eigenvalue weighted by molar-refractivity contribution is -0.128. The Bertz CT molecular complexity index is 309. The van der Waals surface area contributed by atoms with E-state index in [2.05, 4.69) is 6.58 Å². The third-order valence-corrected chi connectivity index (χ3v) is 3.26. The second-order valence-electron chi connectivity index (χ2n) is 2.93. The third-order valence-electron chi connectivity index (χ3n) is 1.73. The Hall–Kier alpha value is -0.880. The van der Waals surface area contributed by atoms with Gasteiger partial charge in [-0.15, -0.1) is 0 Å². The second-order valence-corrected chi connectivity index (χ2v) is 4.81. The van der Waals surface area contributed by atoms with Gasteiger partial charge < -0.3 is 4.90 Å². The minimum absolute atomic E-state index is 0.141. The van der Waals surface area contributed by atoms with Crippen LogP contribution in [0.4, 0.5) is 0 Å². The van der Waals surface area contributed by atoms with Crippen molar-refractivity contribution in [3.63, 3.8) is 0 Å². The summed E-state index contributed by atoms with van der Waals surface area (Å²) >= 11 is 0. The van der Waals surface area contributed by atoms with Gasteiger partial charge >= 0.3 is 0 Å². The summed E-state index contributed by atoms with van der Waals surface area (Å²) < 4.78 is 23.7. The molecule has 0 atom stereocenters. The maximum absolute atomic E-state index is 11.3. The first kappa shape index (κ1) is 13.1. The van der Waals surface area contributed by atoms with Gasteiger partial charge in [0.2, 0.25) is 15.9 Å². The van der Waals surface area contributed by atoms with Crippen LogP contribution in [0.2, 0.25) is 0 Å². The average molecular weight is 220 g/mol. The van der Waals surface area contributed by atoms with E-state index in [1.54, 1.807) is 21.0 Å². The van der Waals surface area contributed by atoms with Crippen molar-refractivity contribution in [2.75, 3.05) is 27.2 Å². The highest BCUT2D eigenvalue weighted by Crippen LogP contribution is 2.02. The first-order chi connectivity index (χ1) is 6.35. The van der Waals surface area contributed by atoms with Gasteiger partial charge in [-0.25, -0.2) is 8.42 Å². The molecule has 0 heterocycles. The summed E-state index contributed by atoms with van der Waals surface area (Å²) in [6.07, 6.45) is 0. The van der Waals surface area contributed by atoms with Crippen molar-refractivity contribution < 1.29 is 13.2 Å². The first-order valence-corrected chi connectivity index (χ1v) is 5.68. The van der Waals surface area contributed by atoms with E-state index >= 15 is 0 Å². The lowest BCUT2D eigenvalue weighted by atomic mass is 10.5. The van der Waals surface area contributed by atoms with E-state index < -0.39 is 10.0 Å². The molecule has 1 amide bonds. The summed E-state index contributed by atoms with van der Waals surface area (Å²) in [5.74, 6) is -0.253. The zero-order valence-electron chi connectivity index (χ0n) is 8.73. The van der Waals surface area contributed by atoms with E-state index in [-0.39, 0.29) is 19.0 Å². The van der Waals surface area contributed by atoms with Crippen molar-refractivity contribution in [3.05, 3.63) is 12.0 Å². The molecule has 0 aromatic rings. The number of sulfonamides is 1. The number of carbonyl (C=O) groups excluding carboxylic acids is 1. The quantitative estimate of drug-likeness (QED) is 0.648. The first-order valence-electron chi connectivity index (χ1n) is 4.18. The topological polar surface area (TPSA) is 57.7 Å². The fraction of sp³-hybridized carbons (Fsp3) is 0.625. The van der Waals surface area contributed by atoms with Crippen LogP contribution in [0.3, 0.4) is 0 Å². The van der Waals surface area contributed by atoms with Gasteiger partial charge in [0.25, 0.3) is 0 Å². The molecule has 14 heavy (non-hydrogen) atoms. The zero-order valence-corrected chi connectivity index (χ0v) is 9.54. The van der Waals surface area contributed by atoms with E-state index in [1.165, 1.54) is 4.90 Å². The van der Waals surface area contributed by atoms with E-state index in [0.29, 0.717) is 0 Å². The van der Waals surface area contributed by atoms with Crippen LogP contribution >= 0.6 is 0 Å². The van der Waals surface area contributed by atoms with Gasteiger partial charge in [-0.2, -0.15) is 4.31 Å². The van der Waals surface area contributed by atoms with Crippen LogP contribution in [0.5, 0.6) is 0 Å². The van der Waals surface area contributed by atoms with Crippen LogP contribution < -0.4 is 0 Å². The van der Waals surface area contributed by atoms with Crippen LogP contribution in [0.25, 0.3) is 0 Å². The molecule has 0 aromatic heterocycles. The molecule has 0 saturated heterocycles. The molecule has 0 spiro atoms. The summed E-state index contributed by atoms with van der Waals surface area (Å²) in [7, 11) is -0.329. The van der Waals surface area contributed by atoms with Crippen molar-refractivity contribution in [3.8, 4) is 0 Å². The molecular formula is C8H16N2O3S. The van der Waals surface area contributed by atoms with Gasteiger partial charge in [-0.05, 0) is 0 Å². The van der Waals surface area contributed by atoms with Gasteiger partial charge in [0.05, 0.1) is 6.54 Å². The third kappa shape index (κ3) is 3.47. The molecule has 82 valence electrons. The monoisotopic (exact) mass is 220 g/mol. The lowest BCUT2D eigenvalue weighted by Gasteiger charge is -2.19. The molecule has 0 bridgehead atoms. The molecule has 0 saturated carbocycles. The maximum Gasteiger partial charge on any atom is 0.237 e. The fourth-order valence-corrected chi connectivity index (χ4v) is 1.64. The number of rotatable bonds is 5. The van der Waals surface area contributed by atoms with Gasteiger partial charge in [0.15, 0.2) is 0 Å². The van der Waals surface area contributed by atoms with E-state index in [0.717, 1.165) is 9.71 Å². The number of amides is 1. The predicted molar refractivity (Wildman–Crippen MR) is 55.1 cm³/mol. The molecule has 5 nitrogen and oxygen atoms in total. The van der Waals surface area contributed by atoms with Gasteiger partial charge in [-0.1, -0.05) is 13.5 Å². The SMILES string of the molecule is C=CS(=O)(=O)N(CC)CC(=O)N(C)C. The summed E-state index contributed by atoms with van der Waals surface area (Å²) in [5, 5.41) is 0.847. The molecule has 0 aliphatic carbocycles. The highest BCUT2D eigenvalue weighted by Gasteiger charge is 2.20. The Morgan fingerprint density at radius 2 is 1.93 bits per heavy atom. The minimum atomic E-state index is -3.49. The molecule has 0 aromatic carbocycles. The average Bonchev–Trinajstić information content (AvgIpc) is 2.13. The van der Waals surface area contributed by atoms with Gasteiger partial charge in [0, 0.05) is 26.0 Å². The number of nitrogens with zero attached hydrogens (tertiary/aromatic N) is 2. The van der Waals surface area contributed by atoms with E-state index in [9.17, 15) is 13.2 Å². The van der Waals surface area contributed by atoms with Crippen molar-refractivity contribution in [2.45, 2.75) is 6.92 Å². The molecule has 0 rings (SSSR count). The molecule has 0 unspecified atom stereocenters. The van der Waals surface area contributed by atoms with Gasteiger partial charge in [0.1, 0.15) is 0 Å². The van der Waals surface area contributed by atoms with Crippen molar-refractivity contribution in [2.24, 2.45) is 0 Å². The molecular weight excluding hydrogens is 204 g/mol. The second kappa shape index (κ2) is 5.11. The molecule has 0 radical (unpaired) electrons. The summed E-state index contributed by atoms with van der Waals surface area (Å²) in [6.45, 7) is 4.99. The van der Waals surface area contributed by atoms with E-state index in [4.69, 9.17) is 0 Å². The molecule has 6 heteroatoms. The van der Waals surface area contributed by atoms with Crippen LogP contribution in [-0.4, -0.2) is 50.7 Å². The van der Waals surface area contributed by atoms with E-state index in [1.807, 2.05) is 0 Å². The molecule has 0 aliphatic rings. The summed E-state index contributed by atoms with van der Waals surface area (Å²) in [4.78, 5) is 12.6. The number of carbonyl (C=O) groups is 1. The number of hydrogen-bond acceptors (Lipinski definition) is 3. The lowest BCUT2D eigenvalue weighted by Crippen LogP contribution is -2.39. The molecule has 0 N–H and O–H groups in total. The summed E-state index contributed by atoms with van der Waals surface area (Å²) in [5.41, 5.74) is 0. The van der Waals surface area contributed by atoms with Crippen LogP contribution in [0.15, 0.2) is 12.0 Å². The zero-order chi connectivity index (χ0) is 11.4. The van der Waals surface area contributed by atoms with Crippen molar-refractivity contribution >= 4 is 15.9 Å².